The molecule has 0 aromatic heterocycles. The van der Waals surface area contributed by atoms with Crippen molar-refractivity contribution in [2.45, 2.75) is 13.3 Å². The number of hydrogen-bond donors (Lipinski definition) is 0. The molecule has 3 rings (SSSR count). The fraction of sp³-hybridized carbons (Fsp3) is 0.316. The van der Waals surface area contributed by atoms with E-state index in [0.29, 0.717) is 36.3 Å². The van der Waals surface area contributed by atoms with E-state index in [2.05, 4.69) is 0 Å². The van der Waals surface area contributed by atoms with E-state index in [1.807, 2.05) is 31.2 Å². The zero-order chi connectivity index (χ0) is 17.6. The van der Waals surface area contributed by atoms with Gasteiger partial charge in [0.15, 0.2) is 11.5 Å². The molecule has 2 aromatic rings. The summed E-state index contributed by atoms with van der Waals surface area (Å²) >= 11 is 6.16. The third kappa shape index (κ3) is 4.79. The number of halogens is 1. The smallest absolute Gasteiger partial charge is 0.310 e. The molecule has 0 N–H and O–H groups in total. The molecule has 5 nitrogen and oxygen atoms in total. The molecule has 1 aliphatic rings. The van der Waals surface area contributed by atoms with Crippen molar-refractivity contribution >= 4 is 17.6 Å². The molecule has 0 fully saturated rings. The van der Waals surface area contributed by atoms with Crippen LogP contribution in [0.1, 0.15) is 11.1 Å². The topological polar surface area (TPSA) is 54.0 Å². The molecule has 132 valence electrons. The van der Waals surface area contributed by atoms with E-state index < -0.39 is 0 Å². The minimum Gasteiger partial charge on any atom is -0.490 e. The number of carbonyl (C=O) groups is 1. The first-order chi connectivity index (χ1) is 12.1. The Balaban J connectivity index is 1.47. The van der Waals surface area contributed by atoms with Gasteiger partial charge in [0.25, 0.3) is 0 Å². The van der Waals surface area contributed by atoms with Gasteiger partial charge in [-0.2, -0.15) is 0 Å². The first-order valence-electron chi connectivity index (χ1n) is 8.05. The third-order valence-corrected chi connectivity index (χ3v) is 3.89. The van der Waals surface area contributed by atoms with Crippen LogP contribution in [0.25, 0.3) is 0 Å². The van der Waals surface area contributed by atoms with E-state index in [1.54, 1.807) is 12.1 Å². The van der Waals surface area contributed by atoms with Crippen LogP contribution in [0.4, 0.5) is 0 Å². The number of aryl methyl sites for hydroxylation is 1. The Bertz CT molecular complexity index is 759. The molecule has 0 unspecified atom stereocenters. The summed E-state index contributed by atoms with van der Waals surface area (Å²) in [4.78, 5) is 12.0. The Morgan fingerprint density at radius 3 is 2.84 bits per heavy atom. The Labute approximate surface area is 151 Å². The lowest BCUT2D eigenvalue weighted by molar-refractivity contribution is -0.143. The molecule has 1 aliphatic heterocycles. The van der Waals surface area contributed by atoms with Gasteiger partial charge in [-0.15, -0.1) is 0 Å². The summed E-state index contributed by atoms with van der Waals surface area (Å²) in [5.74, 6) is 1.50. The fourth-order valence-corrected chi connectivity index (χ4v) is 2.79. The number of rotatable bonds is 6. The number of benzene rings is 2. The Hall–Kier alpha value is -2.40. The first-order valence-corrected chi connectivity index (χ1v) is 8.43. The summed E-state index contributed by atoms with van der Waals surface area (Å²) in [6.45, 7) is 3.41. The first kappa shape index (κ1) is 17.4. The second kappa shape index (κ2) is 8.12. The highest BCUT2D eigenvalue weighted by molar-refractivity contribution is 6.32. The molecule has 0 amide bonds. The van der Waals surface area contributed by atoms with E-state index in [4.69, 9.17) is 30.5 Å². The lowest BCUT2D eigenvalue weighted by atomic mass is 10.1. The molecule has 1 heterocycles. The second-order valence-electron chi connectivity index (χ2n) is 5.66. The van der Waals surface area contributed by atoms with E-state index in [0.717, 1.165) is 16.9 Å². The normalized spacial score (nSPS) is 12.6. The standard InChI is InChI=1S/C19H19ClO5/c1-13-3-2-4-15(9-13)22-5-7-24-18(21)12-14-10-16(20)19-17(11-14)23-6-8-25-19/h2-4,9-11H,5-8,12H2,1H3. The molecular formula is C19H19ClO5. The van der Waals surface area contributed by atoms with Crippen molar-refractivity contribution in [2.24, 2.45) is 0 Å². The maximum atomic E-state index is 12.0. The maximum absolute atomic E-state index is 12.0. The number of fused-ring (bicyclic) bond motifs is 1. The van der Waals surface area contributed by atoms with E-state index in [9.17, 15) is 4.79 Å². The number of ether oxygens (including phenoxy) is 4. The molecule has 0 bridgehead atoms. The lowest BCUT2D eigenvalue weighted by Gasteiger charge is -2.20. The fourth-order valence-electron chi connectivity index (χ4n) is 2.50. The van der Waals surface area contributed by atoms with Gasteiger partial charge in [-0.05, 0) is 42.3 Å². The van der Waals surface area contributed by atoms with Crippen molar-refractivity contribution in [3.8, 4) is 17.2 Å². The quantitative estimate of drug-likeness (QED) is 0.580. The van der Waals surface area contributed by atoms with Crippen LogP contribution in [0, 0.1) is 6.92 Å². The van der Waals surface area contributed by atoms with Gasteiger partial charge in [-0.25, -0.2) is 0 Å². The highest BCUT2D eigenvalue weighted by Gasteiger charge is 2.18. The summed E-state index contributed by atoms with van der Waals surface area (Å²) in [6, 6.07) is 11.2. The van der Waals surface area contributed by atoms with Gasteiger partial charge in [0.2, 0.25) is 0 Å². The highest BCUT2D eigenvalue weighted by atomic mass is 35.5. The second-order valence-corrected chi connectivity index (χ2v) is 6.07. The van der Waals surface area contributed by atoms with Crippen molar-refractivity contribution in [2.75, 3.05) is 26.4 Å². The van der Waals surface area contributed by atoms with Crippen molar-refractivity contribution in [1.82, 2.24) is 0 Å². The van der Waals surface area contributed by atoms with Gasteiger partial charge in [0, 0.05) is 0 Å². The van der Waals surface area contributed by atoms with Crippen LogP contribution in [0.3, 0.4) is 0 Å². The lowest BCUT2D eigenvalue weighted by Crippen LogP contribution is -2.17. The summed E-state index contributed by atoms with van der Waals surface area (Å²) in [7, 11) is 0. The summed E-state index contributed by atoms with van der Waals surface area (Å²) in [5, 5.41) is 0.433. The average molecular weight is 363 g/mol. The summed E-state index contributed by atoms with van der Waals surface area (Å²) in [5.41, 5.74) is 1.84. The van der Waals surface area contributed by atoms with Crippen molar-refractivity contribution in [3.05, 3.63) is 52.5 Å². The van der Waals surface area contributed by atoms with Crippen LogP contribution >= 0.6 is 11.6 Å². The van der Waals surface area contributed by atoms with Gasteiger partial charge in [0.05, 0.1) is 11.4 Å². The van der Waals surface area contributed by atoms with Gasteiger partial charge in [-0.3, -0.25) is 4.79 Å². The van der Waals surface area contributed by atoms with Crippen LogP contribution in [-0.4, -0.2) is 32.4 Å². The van der Waals surface area contributed by atoms with Crippen LogP contribution in [0.2, 0.25) is 5.02 Å². The molecule has 0 spiro atoms. The van der Waals surface area contributed by atoms with Gasteiger partial charge in [0.1, 0.15) is 32.2 Å². The van der Waals surface area contributed by atoms with Crippen LogP contribution in [-0.2, 0) is 16.0 Å². The third-order valence-electron chi connectivity index (χ3n) is 3.61. The van der Waals surface area contributed by atoms with Crippen molar-refractivity contribution < 1.29 is 23.7 Å². The summed E-state index contributed by atoms with van der Waals surface area (Å²) < 4.78 is 21.7. The molecule has 0 saturated carbocycles. The number of carbonyl (C=O) groups excluding carboxylic acids is 1. The molecular weight excluding hydrogens is 344 g/mol. The van der Waals surface area contributed by atoms with E-state index >= 15 is 0 Å². The molecule has 25 heavy (non-hydrogen) atoms. The Kier molecular flexibility index (Phi) is 5.66. The van der Waals surface area contributed by atoms with Crippen molar-refractivity contribution in [3.63, 3.8) is 0 Å². The minimum absolute atomic E-state index is 0.112. The van der Waals surface area contributed by atoms with Crippen LogP contribution in [0.15, 0.2) is 36.4 Å². The van der Waals surface area contributed by atoms with Crippen LogP contribution < -0.4 is 14.2 Å². The minimum atomic E-state index is -0.347. The van der Waals surface area contributed by atoms with E-state index in [-0.39, 0.29) is 19.0 Å². The van der Waals surface area contributed by atoms with Gasteiger partial charge >= 0.3 is 5.97 Å². The highest BCUT2D eigenvalue weighted by Crippen LogP contribution is 2.38. The molecule has 0 atom stereocenters. The molecule has 0 radical (unpaired) electrons. The molecule has 0 saturated heterocycles. The zero-order valence-corrected chi connectivity index (χ0v) is 14.7. The summed E-state index contributed by atoms with van der Waals surface area (Å²) in [6.07, 6.45) is 0.112. The SMILES string of the molecule is Cc1cccc(OCCOC(=O)Cc2cc(Cl)c3c(c2)OCCO3)c1. The molecule has 2 aromatic carbocycles. The predicted octanol–water partition coefficient (Wildman–Crippen LogP) is 3.58. The Morgan fingerprint density at radius 1 is 1.16 bits per heavy atom. The molecule has 0 aliphatic carbocycles. The largest absolute Gasteiger partial charge is 0.490 e. The number of esters is 1. The monoisotopic (exact) mass is 362 g/mol. The van der Waals surface area contributed by atoms with Crippen LogP contribution in [0.5, 0.6) is 17.2 Å². The molecule has 6 heteroatoms. The zero-order valence-electron chi connectivity index (χ0n) is 13.9. The van der Waals surface area contributed by atoms with Gasteiger partial charge in [-0.1, -0.05) is 23.7 Å². The Morgan fingerprint density at radius 2 is 2.00 bits per heavy atom. The maximum Gasteiger partial charge on any atom is 0.310 e. The van der Waals surface area contributed by atoms with E-state index in [1.165, 1.54) is 0 Å². The van der Waals surface area contributed by atoms with Gasteiger partial charge < -0.3 is 18.9 Å². The average Bonchev–Trinajstić information content (AvgIpc) is 2.59. The predicted molar refractivity (Wildman–Crippen MR) is 93.8 cm³/mol. The van der Waals surface area contributed by atoms with Crippen molar-refractivity contribution in [1.29, 1.82) is 0 Å². The number of hydrogen-bond acceptors (Lipinski definition) is 5.